The van der Waals surface area contributed by atoms with E-state index in [-0.39, 0.29) is 0 Å². The molecule has 0 amide bonds. The van der Waals surface area contributed by atoms with Gasteiger partial charge in [0.15, 0.2) is 0 Å². The molecule has 4 heteroatoms. The van der Waals surface area contributed by atoms with Crippen molar-refractivity contribution < 1.29 is 0 Å². The van der Waals surface area contributed by atoms with Crippen molar-refractivity contribution in [3.8, 4) is 0 Å². The van der Waals surface area contributed by atoms with Crippen LogP contribution in [-0.2, 0) is 0 Å². The van der Waals surface area contributed by atoms with Crippen LogP contribution >= 0.6 is 34.1 Å². The number of pyridine rings is 1. The van der Waals surface area contributed by atoms with E-state index in [1.807, 2.05) is 24.3 Å². The second kappa shape index (κ2) is 3.78. The summed E-state index contributed by atoms with van der Waals surface area (Å²) in [6.45, 7) is 0. The van der Waals surface area contributed by atoms with Gasteiger partial charge in [-0.05, 0) is 18.2 Å². The fourth-order valence-corrected chi connectivity index (χ4v) is 2.18. The maximum absolute atomic E-state index is 6.03. The number of hydrogen-bond donors (Lipinski definition) is 1. The molecule has 0 saturated heterocycles. The molecule has 2 rings (SSSR count). The molecule has 1 aromatic heterocycles. The van der Waals surface area contributed by atoms with Gasteiger partial charge in [0.05, 0.1) is 10.5 Å². The third-order valence-corrected chi connectivity index (χ3v) is 3.10. The van der Waals surface area contributed by atoms with E-state index in [1.165, 1.54) is 10.8 Å². The molecule has 13 heavy (non-hydrogen) atoms. The van der Waals surface area contributed by atoms with Gasteiger partial charge in [0.1, 0.15) is 0 Å². The molecule has 0 N–H and O–H groups in total. The minimum atomic E-state index is 0.676. The smallest absolute Gasteiger partial charge is 0.0888 e. The second-order valence-electron chi connectivity index (χ2n) is 2.57. The molecular weight excluding hydrogens is 222 g/mol. The first-order chi connectivity index (χ1) is 6.31. The van der Waals surface area contributed by atoms with E-state index in [1.54, 1.807) is 6.20 Å². The van der Waals surface area contributed by atoms with Crippen molar-refractivity contribution in [1.29, 1.82) is 0 Å². The summed E-state index contributed by atoms with van der Waals surface area (Å²) in [7, 11) is 1.38. The number of nitrogens with zero attached hydrogens (tertiary/aromatic N) is 1. The molecule has 1 nitrogen and oxygen atoms in total. The van der Waals surface area contributed by atoms with E-state index in [2.05, 4.69) is 16.6 Å². The molecule has 0 aliphatic heterocycles. The highest BCUT2D eigenvalue weighted by Crippen LogP contribution is 2.30. The molecular formula is C9H6ClNS2. The third-order valence-electron chi connectivity index (χ3n) is 1.74. The van der Waals surface area contributed by atoms with Gasteiger partial charge in [-0.2, -0.15) is 0 Å². The van der Waals surface area contributed by atoms with E-state index in [9.17, 15) is 0 Å². The van der Waals surface area contributed by atoms with Crippen LogP contribution in [-0.4, -0.2) is 4.98 Å². The van der Waals surface area contributed by atoms with Gasteiger partial charge in [-0.25, -0.2) is 0 Å². The van der Waals surface area contributed by atoms with Crippen molar-refractivity contribution in [1.82, 2.24) is 4.98 Å². The minimum absolute atomic E-state index is 0.676. The molecule has 0 unspecified atom stereocenters. The summed E-state index contributed by atoms with van der Waals surface area (Å²) < 4.78 is 0. The Hall–Kier alpha value is -0.380. The molecule has 0 bridgehead atoms. The van der Waals surface area contributed by atoms with Gasteiger partial charge < -0.3 is 0 Å². The number of fused-ring (bicyclic) bond motifs is 1. The van der Waals surface area contributed by atoms with Crippen molar-refractivity contribution in [2.45, 2.75) is 4.90 Å². The average molecular weight is 228 g/mol. The van der Waals surface area contributed by atoms with Crippen molar-refractivity contribution in [3.63, 3.8) is 0 Å². The normalized spacial score (nSPS) is 10.6. The number of halogens is 1. The van der Waals surface area contributed by atoms with E-state index < -0.39 is 0 Å². The highest BCUT2D eigenvalue weighted by atomic mass is 35.5. The van der Waals surface area contributed by atoms with Gasteiger partial charge in [-0.3, -0.25) is 4.98 Å². The van der Waals surface area contributed by atoms with Crippen molar-refractivity contribution in [3.05, 3.63) is 35.5 Å². The summed E-state index contributed by atoms with van der Waals surface area (Å²) in [5, 5.41) is 1.72. The molecule has 1 aromatic carbocycles. The topological polar surface area (TPSA) is 12.9 Å². The first-order valence-corrected chi connectivity index (χ1v) is 5.91. The predicted molar refractivity (Wildman–Crippen MR) is 61.6 cm³/mol. The van der Waals surface area contributed by atoms with Gasteiger partial charge >= 0.3 is 0 Å². The Bertz CT molecular complexity index is 445. The van der Waals surface area contributed by atoms with Gasteiger partial charge in [0.25, 0.3) is 0 Å². The predicted octanol–water partition coefficient (Wildman–Crippen LogP) is 3.83. The second-order valence-corrected chi connectivity index (χ2v) is 4.18. The molecule has 2 aromatic rings. The fourth-order valence-electron chi connectivity index (χ4n) is 1.17. The van der Waals surface area contributed by atoms with Crippen LogP contribution in [0.1, 0.15) is 0 Å². The number of benzene rings is 1. The van der Waals surface area contributed by atoms with E-state index >= 15 is 0 Å². The lowest BCUT2D eigenvalue weighted by atomic mass is 10.2. The van der Waals surface area contributed by atoms with Crippen LogP contribution < -0.4 is 0 Å². The van der Waals surface area contributed by atoms with Gasteiger partial charge in [-0.15, -0.1) is 11.7 Å². The van der Waals surface area contributed by atoms with Crippen LogP contribution in [0.2, 0.25) is 5.02 Å². The molecule has 0 spiro atoms. The molecule has 0 aliphatic carbocycles. The molecule has 0 atom stereocenters. The highest BCUT2D eigenvalue weighted by Gasteiger charge is 2.01. The average Bonchev–Trinajstić information content (AvgIpc) is 2.18. The first kappa shape index (κ1) is 9.19. The van der Waals surface area contributed by atoms with Gasteiger partial charge in [0, 0.05) is 16.5 Å². The zero-order chi connectivity index (χ0) is 9.26. The Morgan fingerprint density at radius 3 is 3.00 bits per heavy atom. The van der Waals surface area contributed by atoms with Crippen LogP contribution in [0.3, 0.4) is 0 Å². The largest absolute Gasteiger partial charge is 0.255 e. The van der Waals surface area contributed by atoms with Crippen LogP contribution in [0.15, 0.2) is 35.4 Å². The summed E-state index contributed by atoms with van der Waals surface area (Å²) in [5.41, 5.74) is 0.843. The lowest BCUT2D eigenvalue weighted by Gasteiger charge is -2.01. The van der Waals surface area contributed by atoms with E-state index in [0.29, 0.717) is 5.02 Å². The molecule has 66 valence electrons. The minimum Gasteiger partial charge on any atom is -0.255 e. The highest BCUT2D eigenvalue weighted by molar-refractivity contribution is 8.68. The zero-order valence-corrected chi connectivity index (χ0v) is 9.03. The maximum Gasteiger partial charge on any atom is 0.0888 e. The molecule has 0 radical (unpaired) electrons. The van der Waals surface area contributed by atoms with Crippen LogP contribution in [0, 0.1) is 0 Å². The lowest BCUT2D eigenvalue weighted by Crippen LogP contribution is -1.79. The maximum atomic E-state index is 6.03. The summed E-state index contributed by atoms with van der Waals surface area (Å²) in [4.78, 5) is 5.23. The Morgan fingerprint density at radius 2 is 2.23 bits per heavy atom. The molecule has 1 heterocycles. The fraction of sp³-hybridized carbons (Fsp3) is 0. The monoisotopic (exact) mass is 227 g/mol. The first-order valence-electron chi connectivity index (χ1n) is 3.67. The number of thiol groups is 1. The lowest BCUT2D eigenvalue weighted by molar-refractivity contribution is 1.39. The Balaban J connectivity index is 2.77. The zero-order valence-electron chi connectivity index (χ0n) is 6.57. The van der Waals surface area contributed by atoms with Gasteiger partial charge in [-0.1, -0.05) is 28.5 Å². The Morgan fingerprint density at radius 1 is 1.38 bits per heavy atom. The molecule has 0 saturated carbocycles. The van der Waals surface area contributed by atoms with Crippen molar-refractivity contribution in [2.24, 2.45) is 0 Å². The summed E-state index contributed by atoms with van der Waals surface area (Å²) in [6, 6.07) is 7.77. The van der Waals surface area contributed by atoms with Crippen molar-refractivity contribution in [2.75, 3.05) is 0 Å². The Labute approximate surface area is 90.3 Å². The van der Waals surface area contributed by atoms with E-state index in [0.717, 1.165) is 15.8 Å². The van der Waals surface area contributed by atoms with Crippen LogP contribution in [0.5, 0.6) is 0 Å². The SMILES string of the molecule is SSc1cc(Cl)c2ncccc2c1. The van der Waals surface area contributed by atoms with Crippen molar-refractivity contribution >= 4 is 45.0 Å². The summed E-state index contributed by atoms with van der Waals surface area (Å²) >= 11 is 10.2. The van der Waals surface area contributed by atoms with Crippen LogP contribution in [0.4, 0.5) is 0 Å². The molecule has 0 aliphatic rings. The third kappa shape index (κ3) is 1.77. The van der Waals surface area contributed by atoms with E-state index in [4.69, 9.17) is 11.6 Å². The molecule has 0 fully saturated rings. The summed E-state index contributed by atoms with van der Waals surface area (Å²) in [5.74, 6) is 0. The number of aromatic nitrogens is 1. The van der Waals surface area contributed by atoms with Crippen LogP contribution in [0.25, 0.3) is 10.9 Å². The quantitative estimate of drug-likeness (QED) is 0.588. The number of rotatable bonds is 1. The Kier molecular flexibility index (Phi) is 2.67. The van der Waals surface area contributed by atoms with Gasteiger partial charge in [0.2, 0.25) is 0 Å². The summed E-state index contributed by atoms with van der Waals surface area (Å²) in [6.07, 6.45) is 1.74. The standard InChI is InChI=1S/C9H6ClNS2/c10-8-5-7(13-12)4-6-2-1-3-11-9(6)8/h1-5,12H. The number of hydrogen-bond acceptors (Lipinski definition) is 3.